The van der Waals surface area contributed by atoms with Crippen LogP contribution in [0.25, 0.3) is 0 Å². The fourth-order valence-electron chi connectivity index (χ4n) is 1.70. The van der Waals surface area contributed by atoms with E-state index in [1.54, 1.807) is 36.5 Å². The Bertz CT molecular complexity index is 653. The van der Waals surface area contributed by atoms with E-state index in [2.05, 4.69) is 15.0 Å². The van der Waals surface area contributed by atoms with Crippen molar-refractivity contribution in [3.8, 4) is 0 Å². The van der Waals surface area contributed by atoms with E-state index in [1.807, 2.05) is 13.0 Å². The molecule has 0 unspecified atom stereocenters. The molecule has 0 aliphatic carbocycles. The first-order chi connectivity index (χ1) is 9.60. The lowest BCUT2D eigenvalue weighted by Crippen LogP contribution is -2.14. The quantitative estimate of drug-likeness (QED) is 0.870. The highest BCUT2D eigenvalue weighted by atomic mass is 16.5. The second-order valence-corrected chi connectivity index (χ2v) is 4.24. The number of ether oxygens (including phenoxy) is 1. The van der Waals surface area contributed by atoms with Crippen LogP contribution in [-0.4, -0.2) is 24.0 Å². The Morgan fingerprint density at radius 2 is 2.00 bits per heavy atom. The van der Waals surface area contributed by atoms with Gasteiger partial charge in [0.1, 0.15) is 5.69 Å². The molecule has 0 bridgehead atoms. The van der Waals surface area contributed by atoms with Crippen molar-refractivity contribution in [2.24, 2.45) is 0 Å². The number of carbonyl (C=O) groups excluding carboxylic acids is 2. The van der Waals surface area contributed by atoms with E-state index in [-0.39, 0.29) is 5.91 Å². The molecule has 0 radical (unpaired) electrons. The number of methoxy groups -OCH3 is 1. The molecule has 1 aromatic heterocycles. The number of benzene rings is 1. The summed E-state index contributed by atoms with van der Waals surface area (Å²) in [6.45, 7) is 1.89. The summed E-state index contributed by atoms with van der Waals surface area (Å²) in [4.78, 5) is 27.5. The third-order valence-corrected chi connectivity index (χ3v) is 2.69. The molecule has 2 aromatic rings. The maximum Gasteiger partial charge on any atom is 0.337 e. The van der Waals surface area contributed by atoms with Crippen molar-refractivity contribution in [1.29, 1.82) is 0 Å². The molecule has 5 nitrogen and oxygen atoms in total. The number of aromatic nitrogens is 1. The topological polar surface area (TPSA) is 68.3 Å². The van der Waals surface area contributed by atoms with Crippen LogP contribution < -0.4 is 5.32 Å². The van der Waals surface area contributed by atoms with Crippen molar-refractivity contribution in [1.82, 2.24) is 4.98 Å². The van der Waals surface area contributed by atoms with Crippen LogP contribution in [0, 0.1) is 6.92 Å². The molecule has 1 N–H and O–H groups in total. The Kier molecular flexibility index (Phi) is 4.10. The molecular weight excluding hydrogens is 256 g/mol. The highest BCUT2D eigenvalue weighted by Crippen LogP contribution is 2.13. The molecule has 0 saturated carbocycles. The lowest BCUT2D eigenvalue weighted by atomic mass is 10.2. The molecular formula is C15H14N2O3. The standard InChI is InChI=1S/C15H14N2O3/c1-10-6-7-16-13(8-10)14(18)17-12-5-3-4-11(9-12)15(19)20-2/h3-9H,1-2H3,(H,17,18). The van der Waals surface area contributed by atoms with Crippen LogP contribution in [0.4, 0.5) is 5.69 Å². The Balaban J connectivity index is 2.18. The van der Waals surface area contributed by atoms with Crippen LogP contribution in [0.15, 0.2) is 42.6 Å². The van der Waals surface area contributed by atoms with Gasteiger partial charge in [-0.3, -0.25) is 9.78 Å². The first kappa shape index (κ1) is 13.7. The van der Waals surface area contributed by atoms with Gasteiger partial charge in [-0.15, -0.1) is 0 Å². The SMILES string of the molecule is COC(=O)c1cccc(NC(=O)c2cc(C)ccn2)c1. The minimum Gasteiger partial charge on any atom is -0.465 e. The zero-order valence-electron chi connectivity index (χ0n) is 11.2. The highest BCUT2D eigenvalue weighted by molar-refractivity contribution is 6.03. The predicted molar refractivity (Wildman–Crippen MR) is 74.7 cm³/mol. The van der Waals surface area contributed by atoms with Crippen molar-refractivity contribution < 1.29 is 14.3 Å². The summed E-state index contributed by atoms with van der Waals surface area (Å²) in [6.07, 6.45) is 1.58. The minimum atomic E-state index is -0.449. The zero-order chi connectivity index (χ0) is 14.5. The monoisotopic (exact) mass is 270 g/mol. The minimum absolute atomic E-state index is 0.323. The normalized spacial score (nSPS) is 9.90. The zero-order valence-corrected chi connectivity index (χ0v) is 11.2. The van der Waals surface area contributed by atoms with Crippen LogP contribution in [0.2, 0.25) is 0 Å². The summed E-state index contributed by atoms with van der Waals surface area (Å²) in [6, 6.07) is 10.0. The number of carbonyl (C=O) groups is 2. The number of anilines is 1. The van der Waals surface area contributed by atoms with Gasteiger partial charge in [-0.2, -0.15) is 0 Å². The molecule has 1 heterocycles. The molecule has 0 aliphatic heterocycles. The van der Waals surface area contributed by atoms with Crippen LogP contribution in [0.3, 0.4) is 0 Å². The summed E-state index contributed by atoms with van der Waals surface area (Å²) >= 11 is 0. The molecule has 102 valence electrons. The van der Waals surface area contributed by atoms with Crippen molar-refractivity contribution >= 4 is 17.6 Å². The van der Waals surface area contributed by atoms with Crippen LogP contribution in [-0.2, 0) is 4.74 Å². The summed E-state index contributed by atoms with van der Waals surface area (Å²) in [5.74, 6) is -0.773. The van der Waals surface area contributed by atoms with Gasteiger partial charge in [0.05, 0.1) is 12.7 Å². The molecule has 0 fully saturated rings. The molecule has 0 aliphatic rings. The van der Waals surface area contributed by atoms with E-state index in [1.165, 1.54) is 7.11 Å². The molecule has 1 amide bonds. The van der Waals surface area contributed by atoms with Crippen LogP contribution in [0.5, 0.6) is 0 Å². The van der Waals surface area contributed by atoms with Gasteiger partial charge in [0.15, 0.2) is 0 Å². The summed E-state index contributed by atoms with van der Waals surface area (Å²) in [5, 5.41) is 2.70. The number of hydrogen-bond acceptors (Lipinski definition) is 4. The number of amides is 1. The van der Waals surface area contributed by atoms with Gasteiger partial charge in [0, 0.05) is 11.9 Å². The average Bonchev–Trinajstić information content (AvgIpc) is 2.46. The van der Waals surface area contributed by atoms with Crippen molar-refractivity contribution in [3.05, 3.63) is 59.4 Å². The fraction of sp³-hybridized carbons (Fsp3) is 0.133. The van der Waals surface area contributed by atoms with Crippen molar-refractivity contribution in [3.63, 3.8) is 0 Å². The van der Waals surface area contributed by atoms with Gasteiger partial charge in [-0.05, 0) is 42.8 Å². The van der Waals surface area contributed by atoms with Crippen LogP contribution in [0.1, 0.15) is 26.4 Å². The van der Waals surface area contributed by atoms with E-state index in [0.717, 1.165) is 5.56 Å². The lowest BCUT2D eigenvalue weighted by molar-refractivity contribution is 0.0600. The number of pyridine rings is 1. The smallest absolute Gasteiger partial charge is 0.337 e. The molecule has 2 rings (SSSR count). The molecule has 5 heteroatoms. The van der Waals surface area contributed by atoms with Gasteiger partial charge in [-0.1, -0.05) is 6.07 Å². The van der Waals surface area contributed by atoms with E-state index in [4.69, 9.17) is 0 Å². The summed E-state index contributed by atoms with van der Waals surface area (Å²) in [7, 11) is 1.31. The van der Waals surface area contributed by atoms with Gasteiger partial charge in [-0.25, -0.2) is 4.79 Å². The van der Waals surface area contributed by atoms with Crippen LogP contribution >= 0.6 is 0 Å². The van der Waals surface area contributed by atoms with E-state index >= 15 is 0 Å². The molecule has 0 spiro atoms. The van der Waals surface area contributed by atoms with Crippen molar-refractivity contribution in [2.45, 2.75) is 6.92 Å². The maximum absolute atomic E-state index is 12.0. The Morgan fingerprint density at radius 3 is 2.70 bits per heavy atom. The Labute approximate surface area is 116 Å². The first-order valence-electron chi connectivity index (χ1n) is 6.02. The molecule has 20 heavy (non-hydrogen) atoms. The third kappa shape index (κ3) is 3.20. The van der Waals surface area contributed by atoms with Gasteiger partial charge < -0.3 is 10.1 Å². The maximum atomic E-state index is 12.0. The molecule has 1 aromatic carbocycles. The predicted octanol–water partition coefficient (Wildman–Crippen LogP) is 2.43. The first-order valence-corrected chi connectivity index (χ1v) is 6.02. The average molecular weight is 270 g/mol. The van der Waals surface area contributed by atoms with Gasteiger partial charge in [0.25, 0.3) is 5.91 Å². The molecule has 0 saturated heterocycles. The summed E-state index contributed by atoms with van der Waals surface area (Å²) in [5.41, 5.74) is 2.17. The second-order valence-electron chi connectivity index (χ2n) is 4.24. The molecule has 0 atom stereocenters. The largest absolute Gasteiger partial charge is 0.465 e. The number of hydrogen-bond donors (Lipinski definition) is 1. The van der Waals surface area contributed by atoms with Gasteiger partial charge >= 0.3 is 5.97 Å². The Hall–Kier alpha value is -2.69. The van der Waals surface area contributed by atoms with E-state index < -0.39 is 5.97 Å². The number of aryl methyl sites for hydroxylation is 1. The Morgan fingerprint density at radius 1 is 1.20 bits per heavy atom. The number of rotatable bonds is 3. The fourth-order valence-corrected chi connectivity index (χ4v) is 1.70. The van der Waals surface area contributed by atoms with Crippen molar-refractivity contribution in [2.75, 3.05) is 12.4 Å². The highest BCUT2D eigenvalue weighted by Gasteiger charge is 2.10. The number of nitrogens with zero attached hydrogens (tertiary/aromatic N) is 1. The summed E-state index contributed by atoms with van der Waals surface area (Å²) < 4.78 is 4.63. The van der Waals surface area contributed by atoms with E-state index in [0.29, 0.717) is 16.9 Å². The third-order valence-electron chi connectivity index (χ3n) is 2.69. The van der Waals surface area contributed by atoms with Gasteiger partial charge in [0.2, 0.25) is 0 Å². The lowest BCUT2D eigenvalue weighted by Gasteiger charge is -2.06. The number of esters is 1. The second kappa shape index (κ2) is 5.97. The number of nitrogens with one attached hydrogen (secondary N) is 1. The van der Waals surface area contributed by atoms with E-state index in [9.17, 15) is 9.59 Å².